The molecule has 2 aromatic rings. The Kier molecular flexibility index (Phi) is 10.9. The average Bonchev–Trinajstić information content (AvgIpc) is 3.48. The number of hydrogen-bond acceptors (Lipinski definition) is 7. The number of aliphatic carboxylic acids is 1. The lowest BCUT2D eigenvalue weighted by Crippen LogP contribution is -2.57. The van der Waals surface area contributed by atoms with Crippen LogP contribution in [-0.2, 0) is 19.9 Å². The van der Waals surface area contributed by atoms with E-state index in [0.29, 0.717) is 25.9 Å². The first-order chi connectivity index (χ1) is 21.5. The van der Waals surface area contributed by atoms with Crippen LogP contribution in [0.2, 0.25) is 5.02 Å². The quantitative estimate of drug-likeness (QED) is 0.314. The second-order valence-electron chi connectivity index (χ2n) is 13.8. The van der Waals surface area contributed by atoms with Crippen molar-refractivity contribution in [1.82, 2.24) is 19.6 Å². The van der Waals surface area contributed by atoms with E-state index in [0.717, 1.165) is 5.69 Å². The molecule has 2 amide bonds. The summed E-state index contributed by atoms with van der Waals surface area (Å²) in [6.07, 6.45) is 2.32. The fourth-order valence-corrected chi connectivity index (χ4v) is 6.27. The maximum Gasteiger partial charge on any atom is 0.409 e. The van der Waals surface area contributed by atoms with Crippen molar-refractivity contribution in [1.29, 1.82) is 0 Å². The summed E-state index contributed by atoms with van der Waals surface area (Å²) >= 11 is 6.01. The van der Waals surface area contributed by atoms with Crippen LogP contribution in [0, 0.1) is 10.8 Å². The van der Waals surface area contributed by atoms with E-state index in [1.54, 1.807) is 15.8 Å². The van der Waals surface area contributed by atoms with E-state index in [9.17, 15) is 28.3 Å². The standard InChI is InChI=1S/C32H44ClF2N5O6/c1-21(2)24-8-13-36-40(24)32(26(41)37-23-7-6-22(33)18-25(23)46-28(34)35)11-14-38(15-12-32)19-31(27(42)43)9-16-39(17-10-31)29(44)45-20-30(3,4)5/h6-8,13,18,21,28H,9-12,14-17,19-20H2,1-5H3,(H,37,41)(H,42,43). The van der Waals surface area contributed by atoms with Crippen LogP contribution in [-0.4, -0.2) is 88.6 Å². The number of benzene rings is 1. The van der Waals surface area contributed by atoms with Crippen molar-refractivity contribution in [3.8, 4) is 5.75 Å². The first kappa shape index (κ1) is 35.4. The van der Waals surface area contributed by atoms with E-state index in [1.165, 1.54) is 18.2 Å². The van der Waals surface area contributed by atoms with E-state index < -0.39 is 35.5 Å². The highest BCUT2D eigenvalue weighted by Gasteiger charge is 2.49. The predicted molar refractivity (Wildman–Crippen MR) is 168 cm³/mol. The Labute approximate surface area is 273 Å². The molecule has 2 N–H and O–H groups in total. The molecule has 1 aromatic heterocycles. The van der Waals surface area contributed by atoms with Gasteiger partial charge in [-0.3, -0.25) is 14.3 Å². The number of carboxylic acid groups (broad SMARTS) is 1. The summed E-state index contributed by atoms with van der Waals surface area (Å²) in [6, 6.07) is 5.95. The van der Waals surface area contributed by atoms with Crippen molar-refractivity contribution in [3.05, 3.63) is 41.2 Å². The fourth-order valence-electron chi connectivity index (χ4n) is 6.11. The maximum absolute atomic E-state index is 14.2. The number of alkyl halides is 2. The summed E-state index contributed by atoms with van der Waals surface area (Å²) in [5, 5.41) is 17.8. The Morgan fingerprint density at radius 2 is 1.72 bits per heavy atom. The van der Waals surface area contributed by atoms with Gasteiger partial charge in [-0.05, 0) is 55.2 Å². The second-order valence-corrected chi connectivity index (χ2v) is 14.2. The molecule has 0 spiro atoms. The van der Waals surface area contributed by atoms with Crippen LogP contribution in [0.15, 0.2) is 30.5 Å². The molecular weight excluding hydrogens is 624 g/mol. The number of carboxylic acids is 1. The monoisotopic (exact) mass is 667 g/mol. The number of amides is 2. The molecule has 0 radical (unpaired) electrons. The van der Waals surface area contributed by atoms with Crippen molar-refractivity contribution in [2.75, 3.05) is 44.6 Å². The summed E-state index contributed by atoms with van der Waals surface area (Å²) in [5.74, 6) is -1.60. The molecule has 2 aliphatic rings. The third-order valence-corrected chi connectivity index (χ3v) is 9.01. The molecule has 11 nitrogen and oxygen atoms in total. The Bertz CT molecular complexity index is 1400. The molecular formula is C32H44ClF2N5O6. The molecule has 4 rings (SSSR count). The molecule has 14 heteroatoms. The van der Waals surface area contributed by atoms with Gasteiger partial charge in [-0.15, -0.1) is 0 Å². The van der Waals surface area contributed by atoms with Crippen LogP contribution in [0.1, 0.15) is 71.9 Å². The van der Waals surface area contributed by atoms with Gasteiger partial charge in [0.2, 0.25) is 0 Å². The molecule has 0 saturated carbocycles. The average molecular weight is 668 g/mol. The van der Waals surface area contributed by atoms with Gasteiger partial charge in [-0.2, -0.15) is 13.9 Å². The lowest BCUT2D eigenvalue weighted by atomic mass is 9.76. The minimum atomic E-state index is -3.12. The summed E-state index contributed by atoms with van der Waals surface area (Å²) in [7, 11) is 0. The second kappa shape index (κ2) is 14.1. The third kappa shape index (κ3) is 8.09. The molecule has 254 valence electrons. The van der Waals surface area contributed by atoms with Crippen molar-refractivity contribution in [3.63, 3.8) is 0 Å². The zero-order valence-corrected chi connectivity index (χ0v) is 27.8. The Morgan fingerprint density at radius 3 is 2.28 bits per heavy atom. The van der Waals surface area contributed by atoms with E-state index in [2.05, 4.69) is 15.2 Å². The molecule has 46 heavy (non-hydrogen) atoms. The van der Waals surface area contributed by atoms with Gasteiger partial charge in [0.1, 0.15) is 5.54 Å². The molecule has 0 unspecified atom stereocenters. The highest BCUT2D eigenvalue weighted by Crippen LogP contribution is 2.39. The van der Waals surface area contributed by atoms with Crippen LogP contribution in [0.3, 0.4) is 0 Å². The first-order valence-electron chi connectivity index (χ1n) is 15.5. The Morgan fingerprint density at radius 1 is 1.07 bits per heavy atom. The van der Waals surface area contributed by atoms with Gasteiger partial charge < -0.3 is 29.7 Å². The summed E-state index contributed by atoms with van der Waals surface area (Å²) < 4.78 is 38.1. The molecule has 1 aromatic carbocycles. The highest BCUT2D eigenvalue weighted by molar-refractivity contribution is 6.30. The van der Waals surface area contributed by atoms with Gasteiger partial charge in [0.15, 0.2) is 5.75 Å². The number of hydrogen-bond donors (Lipinski definition) is 2. The Balaban J connectivity index is 1.51. The van der Waals surface area contributed by atoms with Crippen molar-refractivity contribution >= 4 is 35.3 Å². The van der Waals surface area contributed by atoms with Crippen LogP contribution in [0.4, 0.5) is 19.3 Å². The third-order valence-electron chi connectivity index (χ3n) is 8.77. The zero-order chi connectivity index (χ0) is 33.9. The summed E-state index contributed by atoms with van der Waals surface area (Å²) in [4.78, 5) is 43.0. The number of piperidine rings is 2. The number of likely N-dealkylation sites (tertiary alicyclic amines) is 2. The smallest absolute Gasteiger partial charge is 0.409 e. The largest absolute Gasteiger partial charge is 0.481 e. The number of rotatable bonds is 10. The minimum absolute atomic E-state index is 0.0361. The van der Waals surface area contributed by atoms with Gasteiger partial charge >= 0.3 is 18.7 Å². The van der Waals surface area contributed by atoms with Crippen LogP contribution < -0.4 is 10.1 Å². The Hall–Kier alpha value is -3.45. The molecule has 0 aliphatic carbocycles. The van der Waals surface area contributed by atoms with Gasteiger partial charge in [-0.25, -0.2) is 4.79 Å². The first-order valence-corrected chi connectivity index (χ1v) is 15.9. The highest BCUT2D eigenvalue weighted by atomic mass is 35.5. The topological polar surface area (TPSA) is 126 Å². The van der Waals surface area contributed by atoms with Crippen molar-refractivity contribution < 1.29 is 37.7 Å². The van der Waals surface area contributed by atoms with Gasteiger partial charge in [0.25, 0.3) is 5.91 Å². The van der Waals surface area contributed by atoms with Gasteiger partial charge in [0.05, 0.1) is 17.7 Å². The normalized spacial score (nSPS) is 18.4. The lowest BCUT2D eigenvalue weighted by Gasteiger charge is -2.46. The number of nitrogens with zero attached hydrogens (tertiary/aromatic N) is 4. The number of ether oxygens (including phenoxy) is 2. The number of anilines is 1. The molecule has 3 heterocycles. The predicted octanol–water partition coefficient (Wildman–Crippen LogP) is 6.04. The minimum Gasteiger partial charge on any atom is -0.481 e. The van der Waals surface area contributed by atoms with E-state index in [-0.39, 0.29) is 66.9 Å². The van der Waals surface area contributed by atoms with E-state index in [1.807, 2.05) is 45.6 Å². The molecule has 2 saturated heterocycles. The number of carbonyl (C=O) groups excluding carboxylic acids is 2. The van der Waals surface area contributed by atoms with E-state index >= 15 is 0 Å². The fraction of sp³-hybridized carbons (Fsp3) is 0.625. The number of nitrogens with one attached hydrogen (secondary N) is 1. The number of aromatic nitrogens is 2. The van der Waals surface area contributed by atoms with Crippen LogP contribution >= 0.6 is 11.6 Å². The van der Waals surface area contributed by atoms with Gasteiger partial charge in [-0.1, -0.05) is 46.2 Å². The van der Waals surface area contributed by atoms with Crippen molar-refractivity contribution in [2.45, 2.75) is 78.4 Å². The molecule has 0 atom stereocenters. The number of halogens is 3. The zero-order valence-electron chi connectivity index (χ0n) is 27.0. The summed E-state index contributed by atoms with van der Waals surface area (Å²) in [6.45, 7) is 8.60. The molecule has 2 fully saturated rings. The van der Waals surface area contributed by atoms with Crippen LogP contribution in [0.25, 0.3) is 0 Å². The van der Waals surface area contributed by atoms with Gasteiger partial charge in [0, 0.05) is 55.7 Å². The van der Waals surface area contributed by atoms with Crippen LogP contribution in [0.5, 0.6) is 5.75 Å². The number of carbonyl (C=O) groups is 3. The maximum atomic E-state index is 14.2. The molecule has 2 aliphatic heterocycles. The SMILES string of the molecule is CC(C)c1ccnn1C1(C(=O)Nc2ccc(Cl)cc2OC(F)F)CCN(CC2(C(=O)O)CCN(C(=O)OCC(C)(C)C)CC2)CC1. The lowest BCUT2D eigenvalue weighted by molar-refractivity contribution is -0.154. The summed E-state index contributed by atoms with van der Waals surface area (Å²) in [5.41, 5.74) is -1.55. The van der Waals surface area contributed by atoms with E-state index in [4.69, 9.17) is 16.3 Å². The molecule has 0 bridgehead atoms. The van der Waals surface area contributed by atoms with Crippen molar-refractivity contribution in [2.24, 2.45) is 10.8 Å².